The Morgan fingerprint density at radius 1 is 1.14 bits per heavy atom. The molecule has 0 atom stereocenters. The van der Waals surface area contributed by atoms with E-state index >= 15 is 0 Å². The van der Waals surface area contributed by atoms with Crippen molar-refractivity contribution in [2.75, 3.05) is 11.9 Å². The number of anilines is 1. The summed E-state index contributed by atoms with van der Waals surface area (Å²) in [5.41, 5.74) is 1.41. The van der Waals surface area contributed by atoms with Crippen molar-refractivity contribution in [3.05, 3.63) is 78.0 Å². The lowest BCUT2D eigenvalue weighted by molar-refractivity contribution is 0.103. The predicted octanol–water partition coefficient (Wildman–Crippen LogP) is 3.39. The van der Waals surface area contributed by atoms with Crippen LogP contribution in [0, 0.1) is 11.3 Å². The number of allylic oxidation sites excluding steroid dienone is 1. The van der Waals surface area contributed by atoms with Gasteiger partial charge in [-0.05, 0) is 19.1 Å². The van der Waals surface area contributed by atoms with Gasteiger partial charge in [0, 0.05) is 24.1 Å². The summed E-state index contributed by atoms with van der Waals surface area (Å²) in [4.78, 5) is 12.1. The molecular formula is C18H18N2O2. The van der Waals surface area contributed by atoms with E-state index in [1.54, 1.807) is 31.2 Å². The van der Waals surface area contributed by atoms with E-state index in [0.29, 0.717) is 5.56 Å². The average Bonchev–Trinajstić information content (AvgIpc) is 2.58. The van der Waals surface area contributed by atoms with E-state index < -0.39 is 0 Å². The van der Waals surface area contributed by atoms with Gasteiger partial charge >= 0.3 is 0 Å². The molecule has 2 N–H and O–H groups in total. The Morgan fingerprint density at radius 2 is 1.64 bits per heavy atom. The van der Waals surface area contributed by atoms with Crippen LogP contribution < -0.4 is 5.32 Å². The van der Waals surface area contributed by atoms with Crippen LogP contribution >= 0.6 is 0 Å². The molecule has 2 rings (SSSR count). The number of aliphatic hydroxyl groups is 1. The number of hydrogen-bond donors (Lipinski definition) is 2. The number of nitrogens with zero attached hydrogens (tertiary/aromatic N) is 1. The molecule has 0 aromatic heterocycles. The van der Waals surface area contributed by atoms with E-state index in [1.165, 1.54) is 6.20 Å². The van der Waals surface area contributed by atoms with E-state index in [-0.39, 0.29) is 18.0 Å². The van der Waals surface area contributed by atoms with E-state index in [9.17, 15) is 4.79 Å². The molecule has 0 aliphatic heterocycles. The summed E-state index contributed by atoms with van der Waals surface area (Å²) in [5.74, 6) is -0.286. The minimum absolute atomic E-state index is 0.0788. The Balaban J connectivity index is 0.000000745. The second-order valence-electron chi connectivity index (χ2n) is 4.19. The van der Waals surface area contributed by atoms with Gasteiger partial charge in [0.05, 0.1) is 0 Å². The van der Waals surface area contributed by atoms with E-state index in [1.807, 2.05) is 42.5 Å². The molecular weight excluding hydrogens is 276 g/mol. The number of hydrogen-bond acceptors (Lipinski definition) is 4. The average molecular weight is 294 g/mol. The summed E-state index contributed by atoms with van der Waals surface area (Å²) in [6, 6.07) is 20.0. The summed E-state index contributed by atoms with van der Waals surface area (Å²) in [6.45, 7) is 1.93. The number of nitrogens with one attached hydrogen (secondary N) is 1. The van der Waals surface area contributed by atoms with Gasteiger partial charge in [0.25, 0.3) is 0 Å². The molecule has 2 aromatic rings. The second-order valence-corrected chi connectivity index (χ2v) is 4.19. The zero-order chi connectivity index (χ0) is 16.2. The molecule has 0 aliphatic rings. The van der Waals surface area contributed by atoms with Crippen molar-refractivity contribution in [1.29, 1.82) is 5.26 Å². The van der Waals surface area contributed by atoms with Crippen LogP contribution in [-0.2, 0) is 0 Å². The molecule has 0 aliphatic carbocycles. The Morgan fingerprint density at radius 3 is 2.14 bits per heavy atom. The predicted molar refractivity (Wildman–Crippen MR) is 87.3 cm³/mol. The van der Waals surface area contributed by atoms with Gasteiger partial charge in [-0.15, -0.1) is 0 Å². The summed E-state index contributed by atoms with van der Waals surface area (Å²) >= 11 is 0. The van der Waals surface area contributed by atoms with Crippen LogP contribution in [0.3, 0.4) is 0 Å². The fourth-order valence-corrected chi connectivity index (χ4v) is 1.58. The maximum absolute atomic E-state index is 12.1. The highest BCUT2D eigenvalue weighted by atomic mass is 16.2. The highest BCUT2D eigenvalue weighted by Crippen LogP contribution is 2.10. The van der Waals surface area contributed by atoms with Crippen LogP contribution in [-0.4, -0.2) is 17.5 Å². The first-order valence-electron chi connectivity index (χ1n) is 6.85. The summed E-state index contributed by atoms with van der Waals surface area (Å²) in [5, 5.41) is 19.6. The fourth-order valence-electron chi connectivity index (χ4n) is 1.58. The fraction of sp³-hybridized carbons (Fsp3) is 0.111. The SMILES string of the molecule is CCO.N#CC(=CNc1ccccc1)C(=O)c1ccccc1. The molecule has 0 saturated carbocycles. The number of benzene rings is 2. The zero-order valence-electron chi connectivity index (χ0n) is 12.4. The number of aliphatic hydroxyl groups excluding tert-OH is 1. The van der Waals surface area contributed by atoms with E-state index in [0.717, 1.165) is 5.69 Å². The lowest BCUT2D eigenvalue weighted by atomic mass is 10.1. The number of carbonyl (C=O) groups is 1. The number of Topliss-reactive ketones (excluding diaryl/α,β-unsaturated/α-hetero) is 1. The van der Waals surface area contributed by atoms with Gasteiger partial charge in [-0.2, -0.15) is 5.26 Å². The molecule has 4 heteroatoms. The molecule has 0 unspecified atom stereocenters. The van der Waals surface area contributed by atoms with Crippen molar-refractivity contribution >= 4 is 11.5 Å². The first kappa shape index (κ1) is 17.2. The van der Waals surface area contributed by atoms with Crippen molar-refractivity contribution in [2.24, 2.45) is 0 Å². The van der Waals surface area contributed by atoms with Crippen molar-refractivity contribution < 1.29 is 9.90 Å². The number of ketones is 1. The highest BCUT2D eigenvalue weighted by Gasteiger charge is 2.10. The first-order valence-corrected chi connectivity index (χ1v) is 6.85. The van der Waals surface area contributed by atoms with Gasteiger partial charge in [-0.3, -0.25) is 4.79 Å². The molecule has 0 saturated heterocycles. The van der Waals surface area contributed by atoms with Crippen molar-refractivity contribution in [2.45, 2.75) is 6.92 Å². The van der Waals surface area contributed by atoms with Crippen LogP contribution in [0.2, 0.25) is 0 Å². The Labute approximate surface area is 130 Å². The Bertz CT molecular complexity index is 644. The van der Waals surface area contributed by atoms with Gasteiger partial charge in [-0.1, -0.05) is 48.5 Å². The van der Waals surface area contributed by atoms with Crippen LogP contribution in [0.25, 0.3) is 0 Å². The number of rotatable bonds is 4. The van der Waals surface area contributed by atoms with Crippen molar-refractivity contribution in [3.8, 4) is 6.07 Å². The number of nitriles is 1. The first-order chi connectivity index (χ1) is 10.7. The maximum Gasteiger partial charge on any atom is 0.205 e. The zero-order valence-corrected chi connectivity index (χ0v) is 12.4. The summed E-state index contributed by atoms with van der Waals surface area (Å²) in [7, 11) is 0. The number of carbonyl (C=O) groups excluding carboxylic acids is 1. The van der Waals surface area contributed by atoms with E-state index in [4.69, 9.17) is 10.4 Å². The Kier molecular flexibility index (Phi) is 7.73. The summed E-state index contributed by atoms with van der Waals surface area (Å²) in [6.07, 6.45) is 1.44. The van der Waals surface area contributed by atoms with Gasteiger partial charge < -0.3 is 10.4 Å². The Hall–Kier alpha value is -2.90. The van der Waals surface area contributed by atoms with Crippen LogP contribution in [0.4, 0.5) is 5.69 Å². The molecule has 0 fully saturated rings. The largest absolute Gasteiger partial charge is 0.397 e. The lowest BCUT2D eigenvalue weighted by Gasteiger charge is -2.02. The molecule has 2 aromatic carbocycles. The van der Waals surface area contributed by atoms with Crippen molar-refractivity contribution in [3.63, 3.8) is 0 Å². The number of para-hydroxylation sites is 1. The molecule has 0 spiro atoms. The molecule has 0 amide bonds. The standard InChI is InChI=1S/C16H12N2O.C2H6O/c17-11-14(12-18-15-9-5-2-6-10-15)16(19)13-7-3-1-4-8-13;1-2-3/h1-10,12,18H;3H,2H2,1H3. The van der Waals surface area contributed by atoms with Crippen LogP contribution in [0.5, 0.6) is 0 Å². The third-order valence-electron chi connectivity index (χ3n) is 2.56. The maximum atomic E-state index is 12.1. The second kappa shape index (κ2) is 9.92. The third-order valence-corrected chi connectivity index (χ3v) is 2.56. The third kappa shape index (κ3) is 5.61. The molecule has 0 radical (unpaired) electrons. The molecule has 112 valence electrons. The van der Waals surface area contributed by atoms with Crippen LogP contribution in [0.1, 0.15) is 17.3 Å². The van der Waals surface area contributed by atoms with Gasteiger partial charge in [0.15, 0.2) is 0 Å². The lowest BCUT2D eigenvalue weighted by Crippen LogP contribution is -2.04. The normalized spacial score (nSPS) is 9.95. The molecule has 0 heterocycles. The summed E-state index contributed by atoms with van der Waals surface area (Å²) < 4.78 is 0. The highest BCUT2D eigenvalue weighted by molar-refractivity contribution is 6.11. The molecule has 0 bridgehead atoms. The minimum atomic E-state index is -0.286. The smallest absolute Gasteiger partial charge is 0.205 e. The van der Waals surface area contributed by atoms with Gasteiger partial charge in [0.1, 0.15) is 11.6 Å². The molecule has 22 heavy (non-hydrogen) atoms. The molecule has 4 nitrogen and oxygen atoms in total. The quantitative estimate of drug-likeness (QED) is 0.515. The monoisotopic (exact) mass is 294 g/mol. The topological polar surface area (TPSA) is 73.1 Å². The van der Waals surface area contributed by atoms with Gasteiger partial charge in [-0.25, -0.2) is 0 Å². The van der Waals surface area contributed by atoms with Crippen molar-refractivity contribution in [1.82, 2.24) is 0 Å². The van der Waals surface area contributed by atoms with Crippen LogP contribution in [0.15, 0.2) is 72.4 Å². The van der Waals surface area contributed by atoms with E-state index in [2.05, 4.69) is 5.32 Å². The minimum Gasteiger partial charge on any atom is -0.397 e. The van der Waals surface area contributed by atoms with Gasteiger partial charge in [0.2, 0.25) is 5.78 Å².